The lowest BCUT2D eigenvalue weighted by Gasteiger charge is -2.25. The summed E-state index contributed by atoms with van der Waals surface area (Å²) in [6.07, 6.45) is 0.525. The van der Waals surface area contributed by atoms with Gasteiger partial charge in [-0.2, -0.15) is 0 Å². The Morgan fingerprint density at radius 3 is 2.77 bits per heavy atom. The van der Waals surface area contributed by atoms with Crippen LogP contribution in [0.5, 0.6) is 5.88 Å². The number of ether oxygens (including phenoxy) is 1. The Balaban J connectivity index is 1.86. The zero-order valence-corrected chi connectivity index (χ0v) is 17.8. The number of nitrogens with zero attached hydrogens (tertiary/aromatic N) is 2. The van der Waals surface area contributed by atoms with Crippen LogP contribution < -0.4 is 15.8 Å². The van der Waals surface area contributed by atoms with Crippen LogP contribution in [-0.2, 0) is 15.4 Å². The van der Waals surface area contributed by atoms with Crippen molar-refractivity contribution in [3.05, 3.63) is 52.9 Å². The molecule has 0 saturated heterocycles. The number of carbonyl (C=O) groups is 1. The van der Waals surface area contributed by atoms with E-state index in [1.807, 2.05) is 0 Å². The van der Waals surface area contributed by atoms with Gasteiger partial charge in [0.25, 0.3) is 0 Å². The predicted molar refractivity (Wildman–Crippen MR) is 112 cm³/mol. The molecular weight excluding hydrogens is 435 g/mol. The third-order valence-corrected chi connectivity index (χ3v) is 7.21. The molecule has 0 bridgehead atoms. The number of carbonyl (C=O) groups excluding carboxylic acids is 1. The number of aliphatic imine (C=N–C) groups is 1. The molecule has 0 radical (unpaired) electrons. The van der Waals surface area contributed by atoms with Crippen molar-refractivity contribution in [3.8, 4) is 5.88 Å². The number of aromatic nitrogens is 1. The Labute approximate surface area is 178 Å². The molecular formula is C19H20ClFN4O4S. The van der Waals surface area contributed by atoms with Crippen molar-refractivity contribution in [1.82, 2.24) is 4.98 Å². The minimum Gasteiger partial charge on any atom is -0.391 e. The maximum atomic E-state index is 14.6. The van der Waals surface area contributed by atoms with Gasteiger partial charge in [0.2, 0.25) is 5.88 Å². The molecule has 8 nitrogen and oxygen atoms in total. The summed E-state index contributed by atoms with van der Waals surface area (Å²) in [4.78, 5) is 20.3. The number of halogens is 2. The molecule has 1 aliphatic heterocycles. The number of amidine groups is 1. The van der Waals surface area contributed by atoms with Gasteiger partial charge >= 0.3 is 6.09 Å². The summed E-state index contributed by atoms with van der Waals surface area (Å²) >= 11 is 5.73. The molecule has 0 fully saturated rings. The Kier molecular flexibility index (Phi) is 6.00. The third kappa shape index (κ3) is 4.71. The standard InChI is InChI=1S/C19H20ClFN4O4S/c1-11-17(22)25-19(2,7-8-30(11,27)28)14-9-13(4-5-15(14)21)24-18(26)29-16-6-3-12(20)10-23-16/h3-6,9-11H,7-8H2,1-2H3,(H2,22,25)(H,24,26)/t11-,19?/m0/s1. The van der Waals surface area contributed by atoms with Crippen molar-refractivity contribution in [1.29, 1.82) is 0 Å². The SMILES string of the molecule is C[C@H]1C(N)=NC(C)(c2cc(NC(=O)Oc3ccc(Cl)cn3)ccc2F)CCS1(=O)=O. The number of amides is 1. The van der Waals surface area contributed by atoms with Crippen LogP contribution in [0.3, 0.4) is 0 Å². The Morgan fingerprint density at radius 1 is 1.37 bits per heavy atom. The lowest BCUT2D eigenvalue weighted by atomic mass is 9.89. The van der Waals surface area contributed by atoms with Gasteiger partial charge in [-0.25, -0.2) is 22.6 Å². The molecule has 0 saturated carbocycles. The summed E-state index contributed by atoms with van der Waals surface area (Å²) in [7, 11) is -3.49. The van der Waals surface area contributed by atoms with Crippen molar-refractivity contribution in [3.63, 3.8) is 0 Å². The maximum absolute atomic E-state index is 14.6. The summed E-state index contributed by atoms with van der Waals surface area (Å²) in [5.74, 6) is -0.845. The van der Waals surface area contributed by atoms with Crippen molar-refractivity contribution < 1.29 is 22.3 Å². The number of hydrogen-bond acceptors (Lipinski definition) is 7. The number of pyridine rings is 1. The highest BCUT2D eigenvalue weighted by molar-refractivity contribution is 7.92. The second kappa shape index (κ2) is 8.19. The van der Waals surface area contributed by atoms with Gasteiger partial charge in [0, 0.05) is 23.5 Å². The van der Waals surface area contributed by atoms with Crippen LogP contribution >= 0.6 is 11.6 Å². The first-order chi connectivity index (χ1) is 14.0. The van der Waals surface area contributed by atoms with Gasteiger partial charge in [-0.15, -0.1) is 0 Å². The second-order valence-corrected chi connectivity index (χ2v) is 9.97. The minimum absolute atomic E-state index is 0.0338. The molecule has 1 aliphatic rings. The quantitative estimate of drug-likeness (QED) is 0.733. The first-order valence-corrected chi connectivity index (χ1v) is 11.1. The van der Waals surface area contributed by atoms with Crippen LogP contribution in [0, 0.1) is 5.82 Å². The van der Waals surface area contributed by atoms with E-state index in [2.05, 4.69) is 15.3 Å². The number of rotatable bonds is 3. The van der Waals surface area contributed by atoms with Crippen LogP contribution in [0.2, 0.25) is 5.02 Å². The van der Waals surface area contributed by atoms with Gasteiger partial charge in [0.15, 0.2) is 9.84 Å². The van der Waals surface area contributed by atoms with E-state index in [9.17, 15) is 17.6 Å². The molecule has 3 rings (SSSR count). The average molecular weight is 455 g/mol. The summed E-state index contributed by atoms with van der Waals surface area (Å²) in [5, 5.41) is 1.92. The smallest absolute Gasteiger partial charge is 0.391 e. The Bertz CT molecular complexity index is 1110. The molecule has 1 amide bonds. The van der Waals surface area contributed by atoms with Crippen molar-refractivity contribution in [2.24, 2.45) is 10.7 Å². The molecule has 1 unspecified atom stereocenters. The zero-order chi connectivity index (χ0) is 22.1. The van der Waals surface area contributed by atoms with Gasteiger partial charge in [-0.1, -0.05) is 11.6 Å². The summed E-state index contributed by atoms with van der Waals surface area (Å²) in [6.45, 7) is 3.06. The fraction of sp³-hybridized carbons (Fsp3) is 0.316. The molecule has 1 aromatic heterocycles. The molecule has 2 atom stereocenters. The van der Waals surface area contributed by atoms with Crippen LogP contribution in [0.25, 0.3) is 0 Å². The summed E-state index contributed by atoms with van der Waals surface area (Å²) in [5.41, 5.74) is 5.00. The van der Waals surface area contributed by atoms with Crippen LogP contribution in [-0.4, -0.2) is 36.3 Å². The van der Waals surface area contributed by atoms with Gasteiger partial charge in [-0.05, 0) is 44.5 Å². The van der Waals surface area contributed by atoms with Gasteiger partial charge in [0.05, 0.1) is 16.3 Å². The highest BCUT2D eigenvalue weighted by atomic mass is 35.5. The molecule has 1 aromatic carbocycles. The normalized spacial score (nSPS) is 23.2. The van der Waals surface area contributed by atoms with E-state index in [1.54, 1.807) is 6.92 Å². The molecule has 0 spiro atoms. The van der Waals surface area contributed by atoms with E-state index in [-0.39, 0.29) is 35.1 Å². The van der Waals surface area contributed by atoms with Gasteiger partial charge in [0.1, 0.15) is 16.9 Å². The molecule has 0 aliphatic carbocycles. The van der Waals surface area contributed by atoms with E-state index in [0.29, 0.717) is 5.02 Å². The van der Waals surface area contributed by atoms with Gasteiger partial charge in [-0.3, -0.25) is 10.3 Å². The molecule has 11 heteroatoms. The van der Waals surface area contributed by atoms with Crippen LogP contribution in [0.15, 0.2) is 41.5 Å². The predicted octanol–water partition coefficient (Wildman–Crippen LogP) is 3.26. The lowest BCUT2D eigenvalue weighted by Crippen LogP contribution is -2.33. The maximum Gasteiger partial charge on any atom is 0.418 e. The van der Waals surface area contributed by atoms with Crippen molar-refractivity contribution >= 4 is 39.1 Å². The lowest BCUT2D eigenvalue weighted by molar-refractivity contribution is 0.213. The molecule has 160 valence electrons. The van der Waals surface area contributed by atoms with Crippen molar-refractivity contribution in [2.75, 3.05) is 11.1 Å². The third-order valence-electron chi connectivity index (χ3n) is 4.89. The van der Waals surface area contributed by atoms with Gasteiger partial charge < -0.3 is 10.5 Å². The first-order valence-electron chi connectivity index (χ1n) is 8.97. The molecule has 2 heterocycles. The second-order valence-electron chi connectivity index (χ2n) is 7.09. The van der Waals surface area contributed by atoms with Crippen molar-refractivity contribution in [2.45, 2.75) is 31.1 Å². The Morgan fingerprint density at radius 2 is 2.10 bits per heavy atom. The fourth-order valence-corrected chi connectivity index (χ4v) is 4.57. The van der Waals surface area contributed by atoms with E-state index >= 15 is 0 Å². The fourth-order valence-electron chi connectivity index (χ4n) is 3.01. The van der Waals surface area contributed by atoms with E-state index in [0.717, 1.165) is 6.07 Å². The number of nitrogens with one attached hydrogen (secondary N) is 1. The largest absolute Gasteiger partial charge is 0.418 e. The molecule has 3 N–H and O–H groups in total. The average Bonchev–Trinajstić information content (AvgIpc) is 2.76. The van der Waals surface area contributed by atoms with E-state index < -0.39 is 32.5 Å². The first kappa shape index (κ1) is 22.0. The number of anilines is 1. The highest BCUT2D eigenvalue weighted by Gasteiger charge is 2.38. The number of nitrogens with two attached hydrogens (primary N) is 1. The minimum atomic E-state index is -3.49. The Hall–Kier alpha value is -2.72. The summed E-state index contributed by atoms with van der Waals surface area (Å²) < 4.78 is 44.3. The highest BCUT2D eigenvalue weighted by Crippen LogP contribution is 2.36. The number of benzene rings is 1. The number of sulfone groups is 1. The zero-order valence-electron chi connectivity index (χ0n) is 16.2. The van der Waals surface area contributed by atoms with Crippen LogP contribution in [0.4, 0.5) is 14.9 Å². The monoisotopic (exact) mass is 454 g/mol. The molecule has 30 heavy (non-hydrogen) atoms. The van der Waals surface area contributed by atoms with E-state index in [4.69, 9.17) is 22.1 Å². The molecule has 2 aromatic rings. The van der Waals surface area contributed by atoms with E-state index in [1.165, 1.54) is 37.4 Å². The van der Waals surface area contributed by atoms with Crippen LogP contribution in [0.1, 0.15) is 25.8 Å². The summed E-state index contributed by atoms with van der Waals surface area (Å²) in [6, 6.07) is 6.82. The number of hydrogen-bond donors (Lipinski definition) is 2. The topological polar surface area (TPSA) is 124 Å².